The first-order valence-electron chi connectivity index (χ1n) is 6.31. The fourth-order valence-electron chi connectivity index (χ4n) is 1.92. The molecule has 0 atom stereocenters. The second kappa shape index (κ2) is 6.23. The first-order valence-corrected chi connectivity index (χ1v) is 6.31. The van der Waals surface area contributed by atoms with Crippen molar-refractivity contribution in [3.05, 3.63) is 23.8 Å². The fraction of sp³-hybridized carbons (Fsp3) is 0.538. The third kappa shape index (κ3) is 3.73. The van der Waals surface area contributed by atoms with Crippen LogP contribution in [0.25, 0.3) is 0 Å². The maximum atomic E-state index is 9.25. The molecular weight excluding hydrogens is 231 g/mol. The van der Waals surface area contributed by atoms with Crippen LogP contribution in [-0.4, -0.2) is 30.9 Å². The summed E-state index contributed by atoms with van der Waals surface area (Å²) in [7, 11) is -0.0149. The summed E-state index contributed by atoms with van der Waals surface area (Å²) in [5.74, 6) is 1.35. The Morgan fingerprint density at radius 1 is 1.33 bits per heavy atom. The summed E-state index contributed by atoms with van der Waals surface area (Å²) in [6, 6.07) is 5.32. The molecule has 1 aromatic carbocycles. The molecule has 1 aliphatic rings. The molecule has 0 heterocycles. The van der Waals surface area contributed by atoms with Crippen molar-refractivity contribution in [1.82, 2.24) is 0 Å². The van der Waals surface area contributed by atoms with Gasteiger partial charge in [-0.25, -0.2) is 0 Å². The van der Waals surface area contributed by atoms with Crippen LogP contribution in [0.2, 0.25) is 0 Å². The number of rotatable bonds is 7. The van der Waals surface area contributed by atoms with Crippen molar-refractivity contribution in [3.8, 4) is 5.75 Å². The van der Waals surface area contributed by atoms with Gasteiger partial charge in [0.2, 0.25) is 0 Å². The average molecular weight is 250 g/mol. The van der Waals surface area contributed by atoms with Crippen LogP contribution in [-0.2, 0) is 11.3 Å². The van der Waals surface area contributed by atoms with E-state index in [0.717, 1.165) is 24.5 Å². The van der Waals surface area contributed by atoms with Gasteiger partial charge < -0.3 is 19.5 Å². The van der Waals surface area contributed by atoms with Crippen molar-refractivity contribution < 1.29 is 19.5 Å². The topological polar surface area (TPSA) is 58.9 Å². The molecule has 1 fully saturated rings. The Bertz CT molecular complexity index is 391. The molecule has 0 spiro atoms. The third-order valence-electron chi connectivity index (χ3n) is 3.21. The highest BCUT2D eigenvalue weighted by atomic mass is 16.5. The molecule has 5 heteroatoms. The van der Waals surface area contributed by atoms with E-state index in [1.165, 1.54) is 20.0 Å². The van der Waals surface area contributed by atoms with Crippen LogP contribution in [0, 0.1) is 5.92 Å². The average Bonchev–Trinajstić information content (AvgIpc) is 3.18. The second-order valence-electron chi connectivity index (χ2n) is 4.73. The van der Waals surface area contributed by atoms with E-state index in [4.69, 9.17) is 9.47 Å². The summed E-state index contributed by atoms with van der Waals surface area (Å²) in [6.45, 7) is 1.27. The number of ether oxygens (including phenoxy) is 2. The zero-order chi connectivity index (χ0) is 13.0. The summed E-state index contributed by atoms with van der Waals surface area (Å²) in [5, 5.41) is 18.5. The maximum absolute atomic E-state index is 9.25. The zero-order valence-electron chi connectivity index (χ0n) is 10.6. The number of benzene rings is 1. The van der Waals surface area contributed by atoms with E-state index >= 15 is 0 Å². The first kappa shape index (κ1) is 13.4. The molecule has 0 aliphatic heterocycles. The summed E-state index contributed by atoms with van der Waals surface area (Å²) < 4.78 is 10.6. The minimum absolute atomic E-state index is 0.376. The molecule has 0 unspecified atom stereocenters. The Kier molecular flexibility index (Phi) is 4.63. The van der Waals surface area contributed by atoms with Gasteiger partial charge in [0, 0.05) is 12.1 Å². The van der Waals surface area contributed by atoms with Crippen LogP contribution < -0.4 is 10.2 Å². The monoisotopic (exact) mass is 250 g/mol. The Hall–Kier alpha value is -1.04. The van der Waals surface area contributed by atoms with Crippen LogP contribution in [0.4, 0.5) is 0 Å². The molecule has 1 aromatic rings. The minimum Gasteiger partial charge on any atom is -0.497 e. The molecule has 18 heavy (non-hydrogen) atoms. The predicted octanol–water partition coefficient (Wildman–Crippen LogP) is 0.692. The van der Waals surface area contributed by atoms with Gasteiger partial charge >= 0.3 is 7.12 Å². The maximum Gasteiger partial charge on any atom is 0.492 e. The molecule has 0 aromatic heterocycles. The van der Waals surface area contributed by atoms with Crippen molar-refractivity contribution in [3.63, 3.8) is 0 Å². The highest BCUT2D eigenvalue weighted by Crippen LogP contribution is 2.32. The van der Waals surface area contributed by atoms with Gasteiger partial charge in [0.05, 0.1) is 13.7 Å². The molecule has 98 valence electrons. The summed E-state index contributed by atoms with van der Waals surface area (Å²) >= 11 is 0. The number of hydrogen-bond donors (Lipinski definition) is 2. The summed E-state index contributed by atoms with van der Waals surface area (Å²) in [5.41, 5.74) is 1.30. The smallest absolute Gasteiger partial charge is 0.492 e. The zero-order valence-corrected chi connectivity index (χ0v) is 10.6. The molecule has 1 aliphatic carbocycles. The third-order valence-corrected chi connectivity index (χ3v) is 3.21. The highest BCUT2D eigenvalue weighted by molar-refractivity contribution is 6.59. The standard InChI is InChI=1S/C13H19BO4/c1-17-13-5-4-11(8-12(13)14(15)16)9-18-7-6-10-2-3-10/h4-5,8,10,15-16H,2-3,6-7,9H2,1H3. The van der Waals surface area contributed by atoms with Crippen molar-refractivity contribution in [2.24, 2.45) is 5.92 Å². The van der Waals surface area contributed by atoms with Gasteiger partial charge in [-0.15, -0.1) is 0 Å². The Morgan fingerprint density at radius 2 is 2.11 bits per heavy atom. The molecule has 1 saturated carbocycles. The lowest BCUT2D eigenvalue weighted by Crippen LogP contribution is -2.31. The lowest BCUT2D eigenvalue weighted by Gasteiger charge is -2.10. The summed E-state index contributed by atoms with van der Waals surface area (Å²) in [4.78, 5) is 0. The van der Waals surface area contributed by atoms with Gasteiger partial charge in [-0.2, -0.15) is 0 Å². The summed E-state index contributed by atoms with van der Waals surface area (Å²) in [6.07, 6.45) is 3.81. The van der Waals surface area contributed by atoms with Gasteiger partial charge in [-0.05, 0) is 24.0 Å². The lowest BCUT2D eigenvalue weighted by atomic mass is 9.79. The Balaban J connectivity index is 1.88. The normalized spacial score (nSPS) is 14.6. The molecular formula is C13H19BO4. The van der Waals surface area contributed by atoms with Crippen LogP contribution >= 0.6 is 0 Å². The number of hydrogen-bond acceptors (Lipinski definition) is 4. The van der Waals surface area contributed by atoms with Crippen molar-refractivity contribution in [2.45, 2.75) is 25.9 Å². The Morgan fingerprint density at radius 3 is 2.72 bits per heavy atom. The second-order valence-corrected chi connectivity index (χ2v) is 4.73. The van der Waals surface area contributed by atoms with E-state index in [-0.39, 0.29) is 0 Å². The van der Waals surface area contributed by atoms with Crippen molar-refractivity contribution >= 4 is 12.6 Å². The van der Waals surface area contributed by atoms with Crippen molar-refractivity contribution in [1.29, 1.82) is 0 Å². The molecule has 0 bridgehead atoms. The van der Waals surface area contributed by atoms with Gasteiger partial charge in [0.1, 0.15) is 5.75 Å². The van der Waals surface area contributed by atoms with E-state index in [9.17, 15) is 10.0 Å². The molecule has 0 amide bonds. The largest absolute Gasteiger partial charge is 0.497 e. The van der Waals surface area contributed by atoms with Crippen LogP contribution in [0.5, 0.6) is 5.75 Å². The molecule has 2 N–H and O–H groups in total. The van der Waals surface area contributed by atoms with Crippen LogP contribution in [0.3, 0.4) is 0 Å². The molecule has 2 rings (SSSR count). The predicted molar refractivity (Wildman–Crippen MR) is 69.8 cm³/mol. The van der Waals surface area contributed by atoms with Gasteiger partial charge in [-0.1, -0.05) is 25.0 Å². The highest BCUT2D eigenvalue weighted by Gasteiger charge is 2.20. The van der Waals surface area contributed by atoms with Gasteiger partial charge in [0.15, 0.2) is 0 Å². The van der Waals surface area contributed by atoms with E-state index in [2.05, 4.69) is 0 Å². The molecule has 4 nitrogen and oxygen atoms in total. The van der Waals surface area contributed by atoms with Gasteiger partial charge in [-0.3, -0.25) is 0 Å². The fourth-order valence-corrected chi connectivity index (χ4v) is 1.92. The lowest BCUT2D eigenvalue weighted by molar-refractivity contribution is 0.115. The quantitative estimate of drug-likeness (QED) is 0.552. The molecule has 0 radical (unpaired) electrons. The SMILES string of the molecule is COc1ccc(COCCC2CC2)cc1B(O)O. The van der Waals surface area contributed by atoms with E-state index in [1.807, 2.05) is 6.07 Å². The van der Waals surface area contributed by atoms with E-state index in [1.54, 1.807) is 12.1 Å². The van der Waals surface area contributed by atoms with Gasteiger partial charge in [0.25, 0.3) is 0 Å². The van der Waals surface area contributed by atoms with Crippen LogP contribution in [0.15, 0.2) is 18.2 Å². The first-order chi connectivity index (χ1) is 8.70. The number of methoxy groups -OCH3 is 1. The Labute approximate surface area is 108 Å². The van der Waals surface area contributed by atoms with E-state index < -0.39 is 7.12 Å². The molecule has 0 saturated heterocycles. The van der Waals surface area contributed by atoms with Crippen LogP contribution in [0.1, 0.15) is 24.8 Å². The van der Waals surface area contributed by atoms with E-state index in [0.29, 0.717) is 17.8 Å². The van der Waals surface area contributed by atoms with Crippen molar-refractivity contribution in [2.75, 3.05) is 13.7 Å². The minimum atomic E-state index is -1.52.